The summed E-state index contributed by atoms with van der Waals surface area (Å²) in [6, 6.07) is 1.58. The zero-order valence-electron chi connectivity index (χ0n) is 20.5. The number of aliphatic hydroxyl groups is 3. The van der Waals surface area contributed by atoms with Crippen molar-refractivity contribution in [3.63, 3.8) is 0 Å². The molecule has 5 atom stereocenters. The third-order valence-electron chi connectivity index (χ3n) is 7.19. The van der Waals surface area contributed by atoms with Crippen LogP contribution in [0.5, 0.6) is 0 Å². The Morgan fingerprint density at radius 3 is 2.49 bits per heavy atom. The SMILES string of the molecule is Nc1ncnc2c1c(C#Cc1c(F)cc(N3CC[C@@H](O)C3)cc1F)cn2[C@@H]1C[C@H](CNS(N)(=O)=O)[C@@H](O)[C@H]1O. The van der Waals surface area contributed by atoms with Gasteiger partial charge in [-0.3, -0.25) is 0 Å². The van der Waals surface area contributed by atoms with Gasteiger partial charge in [-0.05, 0) is 25.0 Å². The van der Waals surface area contributed by atoms with Gasteiger partial charge in [0.15, 0.2) is 0 Å². The first kappa shape index (κ1) is 27.2. The maximum atomic E-state index is 14.9. The highest BCUT2D eigenvalue weighted by Crippen LogP contribution is 2.38. The lowest BCUT2D eigenvalue weighted by Gasteiger charge is -2.19. The molecule has 3 heterocycles. The minimum atomic E-state index is -4.00. The molecule has 1 aliphatic carbocycles. The molecule has 5 rings (SSSR count). The van der Waals surface area contributed by atoms with Crippen LogP contribution >= 0.6 is 0 Å². The van der Waals surface area contributed by atoms with Gasteiger partial charge in [-0.25, -0.2) is 28.6 Å². The molecule has 1 saturated carbocycles. The van der Waals surface area contributed by atoms with Crippen LogP contribution in [0.25, 0.3) is 11.0 Å². The molecule has 1 aromatic carbocycles. The number of halogens is 2. The van der Waals surface area contributed by atoms with Crippen LogP contribution in [-0.4, -0.2) is 76.2 Å². The van der Waals surface area contributed by atoms with Crippen molar-refractivity contribution in [3.05, 3.63) is 47.4 Å². The lowest BCUT2D eigenvalue weighted by molar-refractivity contribution is 0.00769. The summed E-state index contributed by atoms with van der Waals surface area (Å²) in [5, 5.41) is 36.3. The van der Waals surface area contributed by atoms with E-state index < -0.39 is 57.7 Å². The standard InChI is InChI=1S/C24H27F2N7O5S/c25-17-6-14(32-4-3-15(34)10-32)7-18(26)16(17)2-1-12-9-33(24-20(12)23(27)29-11-30-24)19-5-13(21(35)22(19)36)8-31-39(28,37)38/h6-7,9,11,13,15,19,21-22,31,34-36H,3-5,8,10H2,(H2,27,29,30)(H2,28,37,38)/t13-,15-,19-,21-,22+/m1/s1. The number of anilines is 2. The van der Waals surface area contributed by atoms with E-state index in [0.717, 1.165) is 12.1 Å². The minimum Gasteiger partial charge on any atom is -0.391 e. The highest BCUT2D eigenvalue weighted by Gasteiger charge is 2.43. The van der Waals surface area contributed by atoms with Crippen molar-refractivity contribution < 1.29 is 32.5 Å². The molecule has 2 fully saturated rings. The van der Waals surface area contributed by atoms with E-state index in [-0.39, 0.29) is 36.5 Å². The van der Waals surface area contributed by atoms with Crippen LogP contribution < -0.4 is 20.5 Å². The molecule has 1 aliphatic heterocycles. The number of β-amino-alcohol motifs (C(OH)–C–C–N with tert-alkyl or cyclic N) is 1. The number of aromatic nitrogens is 3. The number of nitrogens with two attached hydrogens (primary N) is 2. The van der Waals surface area contributed by atoms with E-state index in [1.54, 1.807) is 4.90 Å². The minimum absolute atomic E-state index is 0.0485. The highest BCUT2D eigenvalue weighted by atomic mass is 32.2. The van der Waals surface area contributed by atoms with Gasteiger partial charge < -0.3 is 30.5 Å². The number of benzene rings is 1. The number of nitrogens with one attached hydrogen (secondary N) is 1. The van der Waals surface area contributed by atoms with Gasteiger partial charge in [-0.1, -0.05) is 11.8 Å². The van der Waals surface area contributed by atoms with Crippen LogP contribution in [0.15, 0.2) is 24.7 Å². The molecule has 0 unspecified atom stereocenters. The Morgan fingerprint density at radius 2 is 1.85 bits per heavy atom. The van der Waals surface area contributed by atoms with E-state index in [4.69, 9.17) is 10.9 Å². The zero-order chi connectivity index (χ0) is 28.1. The first-order chi connectivity index (χ1) is 18.4. The summed E-state index contributed by atoms with van der Waals surface area (Å²) in [6.45, 7) is 0.565. The third kappa shape index (κ3) is 5.39. The van der Waals surface area contributed by atoms with E-state index in [1.165, 1.54) is 17.1 Å². The molecule has 0 amide bonds. The van der Waals surface area contributed by atoms with E-state index in [2.05, 4.69) is 26.5 Å². The van der Waals surface area contributed by atoms with Crippen molar-refractivity contribution in [1.29, 1.82) is 0 Å². The molecule has 2 aliphatic rings. The molecule has 39 heavy (non-hydrogen) atoms. The van der Waals surface area contributed by atoms with Crippen LogP contribution in [0.2, 0.25) is 0 Å². The predicted octanol–water partition coefficient (Wildman–Crippen LogP) is -0.662. The average molecular weight is 564 g/mol. The van der Waals surface area contributed by atoms with Gasteiger partial charge in [0, 0.05) is 37.4 Å². The number of hydrogen-bond acceptors (Lipinski definition) is 9. The van der Waals surface area contributed by atoms with Crippen molar-refractivity contribution in [2.75, 3.05) is 30.3 Å². The second-order valence-electron chi connectivity index (χ2n) is 9.77. The Kier molecular flexibility index (Phi) is 7.18. The monoisotopic (exact) mass is 563 g/mol. The van der Waals surface area contributed by atoms with Gasteiger partial charge in [-0.15, -0.1) is 0 Å². The van der Waals surface area contributed by atoms with Crippen molar-refractivity contribution >= 4 is 32.7 Å². The average Bonchev–Trinajstić information content (AvgIpc) is 3.54. The van der Waals surface area contributed by atoms with Crippen molar-refractivity contribution in [3.8, 4) is 11.8 Å². The van der Waals surface area contributed by atoms with Gasteiger partial charge in [0.05, 0.1) is 34.8 Å². The van der Waals surface area contributed by atoms with Gasteiger partial charge in [0.25, 0.3) is 10.2 Å². The summed E-state index contributed by atoms with van der Waals surface area (Å²) < 4.78 is 56.0. The topological polar surface area (TPSA) is 193 Å². The van der Waals surface area contributed by atoms with Crippen LogP contribution in [0, 0.1) is 29.4 Å². The number of hydrogen-bond donors (Lipinski definition) is 6. The Bertz CT molecular complexity index is 1570. The molecule has 3 aromatic rings. The maximum Gasteiger partial charge on any atom is 0.274 e. The summed E-state index contributed by atoms with van der Waals surface area (Å²) in [5.41, 5.74) is 6.43. The highest BCUT2D eigenvalue weighted by molar-refractivity contribution is 7.87. The molecule has 0 radical (unpaired) electrons. The fraction of sp³-hybridized carbons (Fsp3) is 0.417. The molecule has 0 spiro atoms. The van der Waals surface area contributed by atoms with Crippen LogP contribution in [-0.2, 0) is 10.2 Å². The lowest BCUT2D eigenvalue weighted by atomic mass is 10.1. The predicted molar refractivity (Wildman–Crippen MR) is 137 cm³/mol. The van der Waals surface area contributed by atoms with E-state index in [0.29, 0.717) is 24.0 Å². The van der Waals surface area contributed by atoms with Crippen LogP contribution in [0.1, 0.15) is 30.0 Å². The second-order valence-corrected chi connectivity index (χ2v) is 11.1. The molecule has 8 N–H and O–H groups in total. The van der Waals surface area contributed by atoms with E-state index in [1.807, 2.05) is 0 Å². The van der Waals surface area contributed by atoms with Crippen LogP contribution in [0.3, 0.4) is 0 Å². The second kappa shape index (κ2) is 10.3. The summed E-state index contributed by atoms with van der Waals surface area (Å²) in [6.07, 6.45) is 0.242. The van der Waals surface area contributed by atoms with Gasteiger partial charge in [-0.2, -0.15) is 8.42 Å². The van der Waals surface area contributed by atoms with Gasteiger partial charge in [0.2, 0.25) is 0 Å². The number of fused-ring (bicyclic) bond motifs is 1. The summed E-state index contributed by atoms with van der Waals surface area (Å²) in [5.74, 6) is 2.90. The summed E-state index contributed by atoms with van der Waals surface area (Å²) in [7, 11) is -4.00. The largest absolute Gasteiger partial charge is 0.391 e. The first-order valence-electron chi connectivity index (χ1n) is 12.1. The van der Waals surface area contributed by atoms with Gasteiger partial charge >= 0.3 is 0 Å². The van der Waals surface area contributed by atoms with Crippen molar-refractivity contribution in [2.24, 2.45) is 11.1 Å². The number of nitrogens with zero attached hydrogens (tertiary/aromatic N) is 4. The Hall–Kier alpha value is -3.39. The molecule has 12 nitrogen and oxygen atoms in total. The molecule has 0 bridgehead atoms. The van der Waals surface area contributed by atoms with Crippen molar-refractivity contribution in [2.45, 2.75) is 37.2 Å². The smallest absolute Gasteiger partial charge is 0.274 e. The Labute approximate surface area is 222 Å². The van der Waals surface area contributed by atoms with E-state index >= 15 is 0 Å². The zero-order valence-corrected chi connectivity index (χ0v) is 21.3. The number of aliphatic hydroxyl groups excluding tert-OH is 3. The summed E-state index contributed by atoms with van der Waals surface area (Å²) in [4.78, 5) is 9.90. The fourth-order valence-electron chi connectivity index (χ4n) is 5.22. The Morgan fingerprint density at radius 1 is 1.13 bits per heavy atom. The lowest BCUT2D eigenvalue weighted by Crippen LogP contribution is -2.38. The maximum absolute atomic E-state index is 14.9. The molecule has 1 saturated heterocycles. The first-order valence-corrected chi connectivity index (χ1v) is 13.7. The summed E-state index contributed by atoms with van der Waals surface area (Å²) >= 11 is 0. The normalized spacial score (nSPS) is 25.3. The van der Waals surface area contributed by atoms with Gasteiger partial charge in [0.1, 0.15) is 35.5 Å². The van der Waals surface area contributed by atoms with Crippen LogP contribution in [0.4, 0.5) is 20.3 Å². The molecule has 2 aromatic heterocycles. The molecule has 15 heteroatoms. The third-order valence-corrected chi connectivity index (χ3v) is 7.76. The van der Waals surface area contributed by atoms with Crippen molar-refractivity contribution in [1.82, 2.24) is 19.3 Å². The number of rotatable bonds is 5. The Balaban J connectivity index is 1.49. The quantitative estimate of drug-likeness (QED) is 0.219. The fourth-order valence-corrected chi connectivity index (χ4v) is 5.67. The molecular formula is C24H27F2N7O5S. The molecule has 208 valence electrons. The molecular weight excluding hydrogens is 536 g/mol. The number of nitrogen functional groups attached to an aromatic ring is 1. The van der Waals surface area contributed by atoms with E-state index in [9.17, 15) is 32.5 Å².